The van der Waals surface area contributed by atoms with E-state index in [4.69, 9.17) is 12.2 Å². The van der Waals surface area contributed by atoms with Crippen molar-refractivity contribution in [3.05, 3.63) is 75.2 Å². The van der Waals surface area contributed by atoms with Gasteiger partial charge in [0.2, 0.25) is 0 Å². The second-order valence-corrected chi connectivity index (χ2v) is 6.34. The molecule has 23 heavy (non-hydrogen) atoms. The maximum Gasteiger partial charge on any atom is 0.276 e. The van der Waals surface area contributed by atoms with E-state index in [2.05, 4.69) is 0 Å². The lowest BCUT2D eigenvalue weighted by molar-refractivity contribution is -0.385. The number of nitrogens with zero attached hydrogens (tertiary/aromatic N) is 2. The van der Waals surface area contributed by atoms with Crippen LogP contribution in [0.2, 0.25) is 0 Å². The fraction of sp³-hybridized carbons (Fsp3) is 0. The summed E-state index contributed by atoms with van der Waals surface area (Å²) < 4.78 is 0.408. The van der Waals surface area contributed by atoms with Gasteiger partial charge >= 0.3 is 0 Å². The Morgan fingerprint density at radius 3 is 2.43 bits per heavy atom. The van der Waals surface area contributed by atoms with Gasteiger partial charge in [-0.25, -0.2) is 0 Å². The van der Waals surface area contributed by atoms with Gasteiger partial charge in [0.15, 0.2) is 4.32 Å². The van der Waals surface area contributed by atoms with E-state index in [-0.39, 0.29) is 11.6 Å². The van der Waals surface area contributed by atoms with Gasteiger partial charge < -0.3 is 0 Å². The van der Waals surface area contributed by atoms with E-state index in [9.17, 15) is 14.9 Å². The predicted molar refractivity (Wildman–Crippen MR) is 95.2 cm³/mol. The van der Waals surface area contributed by atoms with Crippen molar-refractivity contribution in [2.75, 3.05) is 4.90 Å². The van der Waals surface area contributed by atoms with Gasteiger partial charge in [-0.1, -0.05) is 54.3 Å². The molecular weight excluding hydrogens is 332 g/mol. The first kappa shape index (κ1) is 15.4. The van der Waals surface area contributed by atoms with Gasteiger partial charge in [-0.05, 0) is 24.3 Å². The zero-order chi connectivity index (χ0) is 16.4. The number of thioether (sulfide) groups is 1. The molecule has 1 amide bonds. The SMILES string of the molecule is O=C1C(=Cc2ccccc2[N+](=O)[O-])SC(=S)N1c1ccccc1. The van der Waals surface area contributed by atoms with Crippen molar-refractivity contribution in [1.29, 1.82) is 0 Å². The van der Waals surface area contributed by atoms with E-state index in [0.717, 1.165) is 11.8 Å². The molecule has 3 rings (SSSR count). The fourth-order valence-corrected chi connectivity index (χ4v) is 3.47. The molecule has 114 valence electrons. The second-order valence-electron chi connectivity index (χ2n) is 4.67. The van der Waals surface area contributed by atoms with Crippen LogP contribution in [0.15, 0.2) is 59.5 Å². The topological polar surface area (TPSA) is 63.4 Å². The van der Waals surface area contributed by atoms with Crippen molar-refractivity contribution < 1.29 is 9.72 Å². The molecule has 0 aliphatic carbocycles. The predicted octanol–water partition coefficient (Wildman–Crippen LogP) is 4.00. The Morgan fingerprint density at radius 2 is 1.74 bits per heavy atom. The third kappa shape index (κ3) is 3.01. The molecule has 1 heterocycles. The first-order valence-electron chi connectivity index (χ1n) is 6.64. The van der Waals surface area contributed by atoms with Gasteiger partial charge in [0.05, 0.1) is 21.1 Å². The Hall–Kier alpha value is -2.51. The van der Waals surface area contributed by atoms with Crippen molar-refractivity contribution >= 4 is 51.7 Å². The van der Waals surface area contributed by atoms with Gasteiger partial charge in [0.25, 0.3) is 11.6 Å². The summed E-state index contributed by atoms with van der Waals surface area (Å²) in [5.41, 5.74) is 1.02. The van der Waals surface area contributed by atoms with E-state index < -0.39 is 4.92 Å². The molecule has 1 aliphatic rings. The molecule has 0 radical (unpaired) electrons. The minimum absolute atomic E-state index is 0.0440. The van der Waals surface area contributed by atoms with Gasteiger partial charge in [0, 0.05) is 6.07 Å². The van der Waals surface area contributed by atoms with Crippen LogP contribution >= 0.6 is 24.0 Å². The third-order valence-corrected chi connectivity index (χ3v) is 4.53. The average Bonchev–Trinajstić information content (AvgIpc) is 2.82. The monoisotopic (exact) mass is 342 g/mol. The lowest BCUT2D eigenvalue weighted by atomic mass is 10.1. The van der Waals surface area contributed by atoms with Crippen molar-refractivity contribution in [2.45, 2.75) is 0 Å². The summed E-state index contributed by atoms with van der Waals surface area (Å²) in [6.07, 6.45) is 1.51. The van der Waals surface area contributed by atoms with Crippen molar-refractivity contribution in [3.8, 4) is 0 Å². The van der Waals surface area contributed by atoms with Crippen LogP contribution in [0.3, 0.4) is 0 Å². The molecule has 0 atom stereocenters. The van der Waals surface area contributed by atoms with Crippen LogP contribution in [0.1, 0.15) is 5.56 Å². The third-order valence-electron chi connectivity index (χ3n) is 3.23. The number of amides is 1. The normalized spacial score (nSPS) is 16.2. The van der Waals surface area contributed by atoms with Crippen LogP contribution in [0.4, 0.5) is 11.4 Å². The number of hydrogen-bond acceptors (Lipinski definition) is 5. The van der Waals surface area contributed by atoms with Crippen LogP contribution in [0.5, 0.6) is 0 Å². The van der Waals surface area contributed by atoms with Crippen molar-refractivity contribution in [3.63, 3.8) is 0 Å². The molecule has 0 N–H and O–H groups in total. The van der Waals surface area contributed by atoms with Crippen LogP contribution < -0.4 is 4.90 Å². The number of thiocarbonyl (C=S) groups is 1. The van der Waals surface area contributed by atoms with E-state index >= 15 is 0 Å². The van der Waals surface area contributed by atoms with E-state index in [0.29, 0.717) is 20.5 Å². The first-order chi connectivity index (χ1) is 11.1. The van der Waals surface area contributed by atoms with Crippen LogP contribution in [0, 0.1) is 10.1 Å². The zero-order valence-electron chi connectivity index (χ0n) is 11.7. The highest BCUT2D eigenvalue weighted by Crippen LogP contribution is 2.36. The minimum atomic E-state index is -0.468. The Kier molecular flexibility index (Phi) is 4.22. The van der Waals surface area contributed by atoms with Gasteiger partial charge in [-0.2, -0.15) is 0 Å². The second kappa shape index (κ2) is 6.31. The summed E-state index contributed by atoms with van der Waals surface area (Å²) >= 11 is 6.41. The van der Waals surface area contributed by atoms with Crippen molar-refractivity contribution in [2.24, 2.45) is 0 Å². The maximum atomic E-state index is 12.6. The summed E-state index contributed by atoms with van der Waals surface area (Å²) in [5, 5.41) is 11.1. The van der Waals surface area contributed by atoms with Crippen LogP contribution in [-0.2, 0) is 4.79 Å². The number of benzene rings is 2. The van der Waals surface area contributed by atoms with Gasteiger partial charge in [-0.15, -0.1) is 0 Å². The Balaban J connectivity index is 1.99. The molecule has 0 unspecified atom stereocenters. The molecular formula is C16H10N2O3S2. The number of carbonyl (C=O) groups excluding carboxylic acids is 1. The molecule has 0 spiro atoms. The van der Waals surface area contributed by atoms with Gasteiger partial charge in [-0.3, -0.25) is 19.8 Å². The highest BCUT2D eigenvalue weighted by molar-refractivity contribution is 8.27. The van der Waals surface area contributed by atoms with E-state index in [1.165, 1.54) is 17.0 Å². The Labute approximate surface area is 141 Å². The summed E-state index contributed by atoms with van der Waals surface area (Å²) in [6.45, 7) is 0. The molecule has 2 aromatic carbocycles. The number of anilines is 1. The molecule has 0 bridgehead atoms. The largest absolute Gasteiger partial charge is 0.276 e. The number of carbonyl (C=O) groups is 1. The quantitative estimate of drug-likeness (QED) is 0.365. The minimum Gasteiger partial charge on any atom is -0.268 e. The molecule has 0 saturated carbocycles. The summed E-state index contributed by atoms with van der Waals surface area (Å²) in [6, 6.07) is 15.4. The number of nitro benzene ring substituents is 1. The molecule has 1 saturated heterocycles. The Bertz CT molecular complexity index is 834. The standard InChI is InChI=1S/C16H10N2O3S2/c19-15-14(10-11-6-4-5-9-13(11)18(20)21)23-16(22)17(15)12-7-2-1-3-8-12/h1-10H. The number of hydrogen-bond donors (Lipinski definition) is 0. The smallest absolute Gasteiger partial charge is 0.268 e. The van der Waals surface area contributed by atoms with E-state index in [1.807, 2.05) is 18.2 Å². The molecule has 1 fully saturated rings. The summed E-state index contributed by atoms with van der Waals surface area (Å²) in [7, 11) is 0. The van der Waals surface area contributed by atoms with Gasteiger partial charge in [0.1, 0.15) is 0 Å². The Morgan fingerprint density at radius 1 is 1.09 bits per heavy atom. The molecule has 1 aliphatic heterocycles. The molecule has 2 aromatic rings. The molecule has 0 aromatic heterocycles. The highest BCUT2D eigenvalue weighted by Gasteiger charge is 2.33. The molecule has 7 heteroatoms. The average molecular weight is 342 g/mol. The lowest BCUT2D eigenvalue weighted by Gasteiger charge is -2.13. The fourth-order valence-electron chi connectivity index (χ4n) is 2.18. The summed E-state index contributed by atoms with van der Waals surface area (Å²) in [4.78, 5) is 25.0. The van der Waals surface area contributed by atoms with E-state index in [1.54, 1.807) is 30.3 Å². The van der Waals surface area contributed by atoms with Crippen LogP contribution in [0.25, 0.3) is 6.08 Å². The summed E-state index contributed by atoms with van der Waals surface area (Å²) in [5.74, 6) is -0.274. The molecule has 5 nitrogen and oxygen atoms in total. The number of rotatable bonds is 3. The highest BCUT2D eigenvalue weighted by atomic mass is 32.2. The number of nitro groups is 1. The van der Waals surface area contributed by atoms with Crippen LogP contribution in [-0.4, -0.2) is 15.2 Å². The maximum absolute atomic E-state index is 12.6. The zero-order valence-corrected chi connectivity index (χ0v) is 13.3. The van der Waals surface area contributed by atoms with Crippen molar-refractivity contribution in [1.82, 2.24) is 0 Å². The first-order valence-corrected chi connectivity index (χ1v) is 7.87. The lowest BCUT2D eigenvalue weighted by Crippen LogP contribution is -2.27. The number of para-hydroxylation sites is 2.